The van der Waals surface area contributed by atoms with Gasteiger partial charge in [-0.25, -0.2) is 0 Å². The van der Waals surface area contributed by atoms with E-state index in [1.54, 1.807) is 24.3 Å². The minimum Gasteiger partial charge on any atom is -0.481 e. The first-order chi connectivity index (χ1) is 6.65. The van der Waals surface area contributed by atoms with Crippen molar-refractivity contribution in [2.75, 3.05) is 0 Å². The van der Waals surface area contributed by atoms with E-state index >= 15 is 0 Å². The van der Waals surface area contributed by atoms with Crippen molar-refractivity contribution >= 4 is 5.97 Å². The topological polar surface area (TPSA) is 86.1 Å². The van der Waals surface area contributed by atoms with Crippen LogP contribution >= 0.6 is 0 Å². The molecule has 0 saturated heterocycles. The number of azide groups is 1. The number of hydrogen-bond acceptors (Lipinski definition) is 2. The molecule has 72 valence electrons. The largest absolute Gasteiger partial charge is 0.481 e. The Morgan fingerprint density at radius 2 is 2.07 bits per heavy atom. The molecule has 0 radical (unpaired) electrons. The molecular formula is C9H9N3O2. The van der Waals surface area contributed by atoms with Gasteiger partial charge < -0.3 is 5.11 Å². The summed E-state index contributed by atoms with van der Waals surface area (Å²) in [5, 5.41) is 12.0. The van der Waals surface area contributed by atoms with E-state index in [2.05, 4.69) is 10.0 Å². The highest BCUT2D eigenvalue weighted by atomic mass is 16.4. The third-order valence-corrected chi connectivity index (χ3v) is 1.79. The Morgan fingerprint density at radius 1 is 1.50 bits per heavy atom. The van der Waals surface area contributed by atoms with Gasteiger partial charge in [-0.1, -0.05) is 34.9 Å². The maximum Gasteiger partial charge on any atom is 0.316 e. The quantitative estimate of drug-likeness (QED) is 0.452. The van der Waals surface area contributed by atoms with E-state index in [4.69, 9.17) is 10.6 Å². The molecule has 1 rings (SSSR count). The van der Waals surface area contributed by atoms with Crippen molar-refractivity contribution in [3.05, 3.63) is 45.8 Å². The lowest BCUT2D eigenvalue weighted by atomic mass is 10.1. The maximum absolute atomic E-state index is 10.7. The summed E-state index contributed by atoms with van der Waals surface area (Å²) < 4.78 is 0. The molecule has 1 aromatic carbocycles. The smallest absolute Gasteiger partial charge is 0.316 e. The first-order valence-electron chi connectivity index (χ1n) is 3.98. The molecule has 0 amide bonds. The van der Waals surface area contributed by atoms with Crippen LogP contribution in [0.4, 0.5) is 0 Å². The highest BCUT2D eigenvalue weighted by Crippen LogP contribution is 2.18. The molecule has 5 nitrogen and oxygen atoms in total. The van der Waals surface area contributed by atoms with E-state index in [1.807, 2.05) is 6.92 Å². The Hall–Kier alpha value is -2.00. The highest BCUT2D eigenvalue weighted by molar-refractivity contribution is 5.75. The van der Waals surface area contributed by atoms with E-state index in [9.17, 15) is 4.79 Å². The zero-order valence-electron chi connectivity index (χ0n) is 7.58. The van der Waals surface area contributed by atoms with E-state index in [0.717, 1.165) is 5.56 Å². The average molecular weight is 191 g/mol. The van der Waals surface area contributed by atoms with Gasteiger partial charge in [0.05, 0.1) is 0 Å². The summed E-state index contributed by atoms with van der Waals surface area (Å²) >= 11 is 0. The third-order valence-electron chi connectivity index (χ3n) is 1.79. The molecule has 1 N–H and O–H groups in total. The highest BCUT2D eigenvalue weighted by Gasteiger charge is 2.17. The summed E-state index contributed by atoms with van der Waals surface area (Å²) in [7, 11) is 0. The Kier molecular flexibility index (Phi) is 3.09. The number of aliphatic carboxylic acids is 1. The summed E-state index contributed by atoms with van der Waals surface area (Å²) in [5.41, 5.74) is 9.71. The van der Waals surface area contributed by atoms with Gasteiger partial charge in [-0.05, 0) is 18.0 Å². The standard InChI is InChI=1S/C9H9N3O2/c1-6-2-4-7(5-3-6)8(9(13)14)11-12-10/h2-5,8H,1H3,(H,13,14). The average Bonchev–Trinajstić information content (AvgIpc) is 2.15. The summed E-state index contributed by atoms with van der Waals surface area (Å²) in [6.07, 6.45) is 0. The van der Waals surface area contributed by atoms with Crippen molar-refractivity contribution < 1.29 is 9.90 Å². The molecule has 0 bridgehead atoms. The van der Waals surface area contributed by atoms with Crippen LogP contribution in [0.2, 0.25) is 0 Å². The number of carboxylic acids is 1. The monoisotopic (exact) mass is 191 g/mol. The number of benzene rings is 1. The molecule has 0 fully saturated rings. The third kappa shape index (κ3) is 2.24. The Balaban J connectivity index is 3.05. The number of nitrogens with zero attached hydrogens (tertiary/aromatic N) is 3. The Bertz CT molecular complexity index is 378. The van der Waals surface area contributed by atoms with Gasteiger partial charge in [-0.3, -0.25) is 4.79 Å². The SMILES string of the molecule is Cc1ccc(C(N=[N+]=[N-])C(=O)O)cc1. The number of carboxylic acid groups (broad SMARTS) is 1. The van der Waals surface area contributed by atoms with E-state index < -0.39 is 12.0 Å². The molecular weight excluding hydrogens is 182 g/mol. The van der Waals surface area contributed by atoms with Crippen molar-refractivity contribution in [1.82, 2.24) is 0 Å². The summed E-state index contributed by atoms with van der Waals surface area (Å²) in [6, 6.07) is 5.70. The Labute approximate surface area is 80.6 Å². The van der Waals surface area contributed by atoms with Crippen LogP contribution in [-0.4, -0.2) is 11.1 Å². The second-order valence-electron chi connectivity index (χ2n) is 2.86. The van der Waals surface area contributed by atoms with E-state index in [-0.39, 0.29) is 0 Å². The Morgan fingerprint density at radius 3 is 2.50 bits per heavy atom. The van der Waals surface area contributed by atoms with Crippen LogP contribution in [0.15, 0.2) is 29.4 Å². The molecule has 5 heteroatoms. The van der Waals surface area contributed by atoms with Gasteiger partial charge in [-0.2, -0.15) is 0 Å². The molecule has 0 aromatic heterocycles. The van der Waals surface area contributed by atoms with Crippen LogP contribution in [0.25, 0.3) is 10.4 Å². The minimum absolute atomic E-state index is 0.487. The van der Waals surface area contributed by atoms with Crippen LogP contribution < -0.4 is 0 Å². The molecule has 0 aliphatic rings. The molecule has 0 saturated carbocycles. The first-order valence-corrected chi connectivity index (χ1v) is 3.98. The summed E-state index contributed by atoms with van der Waals surface area (Å²) in [6.45, 7) is 1.90. The van der Waals surface area contributed by atoms with Crippen molar-refractivity contribution in [3.8, 4) is 0 Å². The molecule has 0 aliphatic carbocycles. The fraction of sp³-hybridized carbons (Fsp3) is 0.222. The van der Waals surface area contributed by atoms with Crippen molar-refractivity contribution in [3.63, 3.8) is 0 Å². The number of aryl methyl sites for hydroxylation is 1. The predicted octanol–water partition coefficient (Wildman–Crippen LogP) is 2.43. The lowest BCUT2D eigenvalue weighted by Gasteiger charge is -2.05. The molecule has 14 heavy (non-hydrogen) atoms. The normalized spacial score (nSPS) is 11.5. The fourth-order valence-electron chi connectivity index (χ4n) is 1.06. The van der Waals surface area contributed by atoms with Gasteiger partial charge in [0.15, 0.2) is 6.04 Å². The zero-order valence-corrected chi connectivity index (χ0v) is 7.58. The second-order valence-corrected chi connectivity index (χ2v) is 2.86. The number of carbonyl (C=O) groups is 1. The van der Waals surface area contributed by atoms with Crippen LogP contribution in [0.1, 0.15) is 17.2 Å². The fourth-order valence-corrected chi connectivity index (χ4v) is 1.06. The second kappa shape index (κ2) is 4.30. The minimum atomic E-state index is -1.15. The van der Waals surface area contributed by atoms with Crippen molar-refractivity contribution in [2.45, 2.75) is 13.0 Å². The molecule has 1 unspecified atom stereocenters. The van der Waals surface area contributed by atoms with E-state index in [0.29, 0.717) is 5.56 Å². The van der Waals surface area contributed by atoms with Gasteiger partial charge in [-0.15, -0.1) is 0 Å². The van der Waals surface area contributed by atoms with Gasteiger partial charge in [0.25, 0.3) is 0 Å². The van der Waals surface area contributed by atoms with Gasteiger partial charge in [0, 0.05) is 4.91 Å². The van der Waals surface area contributed by atoms with Crippen LogP contribution in [0.3, 0.4) is 0 Å². The van der Waals surface area contributed by atoms with Gasteiger partial charge in [0.2, 0.25) is 0 Å². The molecule has 0 aliphatic heterocycles. The van der Waals surface area contributed by atoms with Gasteiger partial charge in [0.1, 0.15) is 0 Å². The molecule has 1 aromatic rings. The van der Waals surface area contributed by atoms with E-state index in [1.165, 1.54) is 0 Å². The molecule has 1 atom stereocenters. The maximum atomic E-state index is 10.7. The lowest BCUT2D eigenvalue weighted by molar-refractivity contribution is -0.138. The molecule has 0 spiro atoms. The van der Waals surface area contributed by atoms with Crippen molar-refractivity contribution in [1.29, 1.82) is 0 Å². The van der Waals surface area contributed by atoms with Crippen LogP contribution in [-0.2, 0) is 4.79 Å². The van der Waals surface area contributed by atoms with Gasteiger partial charge >= 0.3 is 5.97 Å². The summed E-state index contributed by atoms with van der Waals surface area (Å²) in [4.78, 5) is 13.2. The number of hydrogen-bond donors (Lipinski definition) is 1. The zero-order chi connectivity index (χ0) is 10.6. The predicted molar refractivity (Wildman–Crippen MR) is 50.7 cm³/mol. The lowest BCUT2D eigenvalue weighted by Crippen LogP contribution is -2.08. The van der Waals surface area contributed by atoms with Crippen LogP contribution in [0, 0.1) is 6.92 Å². The first kappa shape index (κ1) is 10.1. The number of rotatable bonds is 3. The van der Waals surface area contributed by atoms with Crippen LogP contribution in [0.5, 0.6) is 0 Å². The van der Waals surface area contributed by atoms with Crippen molar-refractivity contribution in [2.24, 2.45) is 5.11 Å². The molecule has 0 heterocycles. The summed E-state index contributed by atoms with van der Waals surface area (Å²) in [5.74, 6) is -1.15.